The number of carboxylic acids is 1. The number of halogens is 1. The Morgan fingerprint density at radius 1 is 1.21 bits per heavy atom. The molecule has 6 nitrogen and oxygen atoms in total. The Kier molecular flexibility index (Phi) is 5.89. The number of hydrogen-bond acceptors (Lipinski definition) is 3. The average Bonchev–Trinajstić information content (AvgIpc) is 3.31. The third-order valence-corrected chi connectivity index (χ3v) is 3.96. The van der Waals surface area contributed by atoms with E-state index < -0.39 is 35.7 Å². The number of benzene rings is 1. The zero-order valence-corrected chi connectivity index (χ0v) is 13.4. The summed E-state index contributed by atoms with van der Waals surface area (Å²) in [6.45, 7) is 1.25. The van der Waals surface area contributed by atoms with Crippen LogP contribution in [0.25, 0.3) is 0 Å². The van der Waals surface area contributed by atoms with Crippen LogP contribution in [0.2, 0.25) is 0 Å². The zero-order chi connectivity index (χ0) is 17.7. The van der Waals surface area contributed by atoms with E-state index in [1.54, 1.807) is 6.07 Å². The van der Waals surface area contributed by atoms with Gasteiger partial charge in [0.25, 0.3) is 0 Å². The van der Waals surface area contributed by atoms with E-state index in [0.29, 0.717) is 12.3 Å². The Morgan fingerprint density at radius 2 is 1.88 bits per heavy atom. The van der Waals surface area contributed by atoms with Crippen LogP contribution in [0.4, 0.5) is 4.39 Å². The Labute approximate surface area is 139 Å². The number of carboxylic acid groups (broad SMARTS) is 1. The van der Waals surface area contributed by atoms with Gasteiger partial charge in [0.05, 0.1) is 0 Å². The molecule has 2 rings (SSSR count). The first-order valence-electron chi connectivity index (χ1n) is 7.90. The van der Waals surface area contributed by atoms with Gasteiger partial charge in [-0.05, 0) is 24.0 Å². The molecule has 1 aromatic carbocycles. The first-order valence-corrected chi connectivity index (χ1v) is 7.90. The highest BCUT2D eigenvalue weighted by Crippen LogP contribution is 2.33. The molecule has 0 aliphatic heterocycles. The Hall–Kier alpha value is -2.44. The fraction of sp³-hybridized carbons (Fsp3) is 0.471. The van der Waals surface area contributed by atoms with Crippen LogP contribution in [-0.2, 0) is 20.8 Å². The van der Waals surface area contributed by atoms with Crippen LogP contribution in [-0.4, -0.2) is 35.0 Å². The monoisotopic (exact) mass is 336 g/mol. The quantitative estimate of drug-likeness (QED) is 0.666. The maximum atomic E-state index is 13.8. The number of aliphatic carboxylic acids is 1. The molecule has 1 aromatic rings. The summed E-state index contributed by atoms with van der Waals surface area (Å²) in [5.74, 6) is -2.34. The van der Waals surface area contributed by atoms with E-state index in [9.17, 15) is 23.9 Å². The normalized spacial score (nSPS) is 16.1. The first-order chi connectivity index (χ1) is 11.4. The van der Waals surface area contributed by atoms with E-state index in [2.05, 4.69) is 10.6 Å². The van der Waals surface area contributed by atoms with Gasteiger partial charge in [-0.1, -0.05) is 31.0 Å². The molecule has 2 atom stereocenters. The van der Waals surface area contributed by atoms with Crippen molar-refractivity contribution in [1.82, 2.24) is 10.6 Å². The van der Waals surface area contributed by atoms with Crippen LogP contribution >= 0.6 is 0 Å². The number of carbonyl (C=O) groups excluding carboxylic acids is 2. The van der Waals surface area contributed by atoms with Crippen molar-refractivity contribution in [2.75, 3.05) is 0 Å². The van der Waals surface area contributed by atoms with E-state index in [-0.39, 0.29) is 12.0 Å². The molecule has 0 spiro atoms. The van der Waals surface area contributed by atoms with E-state index in [4.69, 9.17) is 0 Å². The van der Waals surface area contributed by atoms with Crippen molar-refractivity contribution in [3.63, 3.8) is 0 Å². The van der Waals surface area contributed by atoms with Gasteiger partial charge in [-0.25, -0.2) is 9.18 Å². The van der Waals surface area contributed by atoms with Crippen molar-refractivity contribution in [2.45, 2.75) is 44.7 Å². The molecule has 0 unspecified atom stereocenters. The van der Waals surface area contributed by atoms with Crippen LogP contribution in [0.5, 0.6) is 0 Å². The first kappa shape index (κ1) is 17.9. The van der Waals surface area contributed by atoms with Crippen molar-refractivity contribution in [3.05, 3.63) is 35.6 Å². The molecule has 24 heavy (non-hydrogen) atoms. The van der Waals surface area contributed by atoms with Crippen molar-refractivity contribution in [3.8, 4) is 0 Å². The highest BCUT2D eigenvalue weighted by molar-refractivity contribution is 5.90. The minimum Gasteiger partial charge on any atom is -0.480 e. The molecule has 0 bridgehead atoms. The molecule has 0 radical (unpaired) electrons. The third kappa shape index (κ3) is 5.33. The fourth-order valence-electron chi connectivity index (χ4n) is 2.52. The van der Waals surface area contributed by atoms with E-state index >= 15 is 0 Å². The highest BCUT2D eigenvalue weighted by Gasteiger charge is 2.32. The highest BCUT2D eigenvalue weighted by atomic mass is 19.1. The standard InChI is InChI=1S/C17H21FN2O4/c1-10(21)19-14(9-12-4-2-3-5-13(12)18)16(22)20-15(17(23)24)8-11-6-7-11/h2-5,11,14-15H,6-9H2,1H3,(H,19,21)(H,20,22)(H,23,24)/t14-,15+/m0/s1. The summed E-state index contributed by atoms with van der Waals surface area (Å²) in [4.78, 5) is 35.0. The van der Waals surface area contributed by atoms with Gasteiger partial charge in [-0.2, -0.15) is 0 Å². The molecular formula is C17H21FN2O4. The maximum absolute atomic E-state index is 13.8. The van der Waals surface area contributed by atoms with Crippen LogP contribution in [0.15, 0.2) is 24.3 Å². The molecule has 1 fully saturated rings. The van der Waals surface area contributed by atoms with Crippen LogP contribution in [0, 0.1) is 11.7 Å². The van der Waals surface area contributed by atoms with Gasteiger partial charge < -0.3 is 15.7 Å². The summed E-state index contributed by atoms with van der Waals surface area (Å²) in [5.41, 5.74) is 0.278. The predicted molar refractivity (Wildman–Crippen MR) is 84.6 cm³/mol. The summed E-state index contributed by atoms with van der Waals surface area (Å²) in [5, 5.41) is 14.1. The van der Waals surface area contributed by atoms with Gasteiger partial charge in [0, 0.05) is 13.3 Å². The lowest BCUT2D eigenvalue weighted by Gasteiger charge is -2.21. The van der Waals surface area contributed by atoms with Gasteiger partial charge in [0.1, 0.15) is 17.9 Å². The lowest BCUT2D eigenvalue weighted by atomic mass is 10.0. The third-order valence-electron chi connectivity index (χ3n) is 3.96. The maximum Gasteiger partial charge on any atom is 0.326 e. The molecule has 130 valence electrons. The van der Waals surface area contributed by atoms with E-state index in [1.165, 1.54) is 25.1 Å². The van der Waals surface area contributed by atoms with Gasteiger partial charge >= 0.3 is 5.97 Å². The Bertz CT molecular complexity index is 631. The summed E-state index contributed by atoms with van der Waals surface area (Å²) in [6, 6.07) is 3.93. The van der Waals surface area contributed by atoms with Crippen molar-refractivity contribution in [2.24, 2.45) is 5.92 Å². The minimum absolute atomic E-state index is 0.0478. The summed E-state index contributed by atoms with van der Waals surface area (Å²) in [7, 11) is 0. The molecule has 0 heterocycles. The van der Waals surface area contributed by atoms with E-state index in [0.717, 1.165) is 12.8 Å². The summed E-state index contributed by atoms with van der Waals surface area (Å²) < 4.78 is 13.8. The average molecular weight is 336 g/mol. The van der Waals surface area contributed by atoms with Crippen molar-refractivity contribution >= 4 is 17.8 Å². The molecule has 0 saturated heterocycles. The second kappa shape index (κ2) is 7.90. The predicted octanol–water partition coefficient (Wildman–Crippen LogP) is 1.24. The second-order valence-electron chi connectivity index (χ2n) is 6.13. The largest absolute Gasteiger partial charge is 0.480 e. The number of hydrogen-bond donors (Lipinski definition) is 3. The van der Waals surface area contributed by atoms with Gasteiger partial charge in [-0.3, -0.25) is 9.59 Å². The molecular weight excluding hydrogens is 315 g/mol. The lowest BCUT2D eigenvalue weighted by Crippen LogP contribution is -2.52. The van der Waals surface area contributed by atoms with Gasteiger partial charge in [0.15, 0.2) is 0 Å². The molecule has 3 N–H and O–H groups in total. The van der Waals surface area contributed by atoms with Gasteiger partial charge in [0.2, 0.25) is 11.8 Å². The smallest absolute Gasteiger partial charge is 0.326 e. The second-order valence-corrected chi connectivity index (χ2v) is 6.13. The molecule has 2 amide bonds. The van der Waals surface area contributed by atoms with Crippen LogP contribution in [0.1, 0.15) is 31.7 Å². The molecule has 1 saturated carbocycles. The molecule has 7 heteroatoms. The molecule has 0 aromatic heterocycles. The topological polar surface area (TPSA) is 95.5 Å². The number of rotatable bonds is 8. The number of amides is 2. The SMILES string of the molecule is CC(=O)N[C@@H](Cc1ccccc1F)C(=O)N[C@H](CC1CC1)C(=O)O. The molecule has 1 aliphatic rings. The van der Waals surface area contributed by atoms with Crippen LogP contribution < -0.4 is 10.6 Å². The van der Waals surface area contributed by atoms with Gasteiger partial charge in [-0.15, -0.1) is 0 Å². The minimum atomic E-state index is -1.11. The lowest BCUT2D eigenvalue weighted by molar-refractivity contribution is -0.142. The zero-order valence-electron chi connectivity index (χ0n) is 13.4. The fourth-order valence-corrected chi connectivity index (χ4v) is 2.52. The van der Waals surface area contributed by atoms with Crippen molar-refractivity contribution in [1.29, 1.82) is 0 Å². The van der Waals surface area contributed by atoms with Crippen LogP contribution in [0.3, 0.4) is 0 Å². The Morgan fingerprint density at radius 3 is 2.42 bits per heavy atom. The Balaban J connectivity index is 2.07. The summed E-state index contributed by atoms with van der Waals surface area (Å²) in [6.07, 6.45) is 2.25. The van der Waals surface area contributed by atoms with E-state index in [1.807, 2.05) is 0 Å². The number of carbonyl (C=O) groups is 3. The van der Waals surface area contributed by atoms with Crippen molar-refractivity contribution < 1.29 is 23.9 Å². The number of nitrogens with one attached hydrogen (secondary N) is 2. The summed E-state index contributed by atoms with van der Waals surface area (Å²) >= 11 is 0. The molecule has 1 aliphatic carbocycles.